The Kier molecular flexibility index (Phi) is 6.65. The summed E-state index contributed by atoms with van der Waals surface area (Å²) >= 11 is 6.18. The number of halogens is 1. The van der Waals surface area contributed by atoms with Crippen LogP contribution < -0.4 is 19.7 Å². The van der Waals surface area contributed by atoms with Crippen LogP contribution in [-0.4, -0.2) is 24.4 Å². The lowest BCUT2D eigenvalue weighted by molar-refractivity contribution is -0.120. The van der Waals surface area contributed by atoms with E-state index in [-0.39, 0.29) is 10.7 Å². The molecule has 0 saturated heterocycles. The van der Waals surface area contributed by atoms with Crippen molar-refractivity contribution in [3.63, 3.8) is 0 Å². The Balaban J connectivity index is 1.47. The number of benzene rings is 3. The maximum absolute atomic E-state index is 12.9. The van der Waals surface area contributed by atoms with Gasteiger partial charge in [0.15, 0.2) is 11.5 Å². The van der Waals surface area contributed by atoms with Gasteiger partial charge in [0.05, 0.1) is 17.9 Å². The fourth-order valence-corrected chi connectivity index (χ4v) is 3.55. The number of hydrogen-bond acceptors (Lipinski definition) is 6. The Labute approximate surface area is 201 Å². The molecule has 0 fully saturated rings. The van der Waals surface area contributed by atoms with Crippen LogP contribution in [0.2, 0.25) is 0 Å². The van der Waals surface area contributed by atoms with Gasteiger partial charge < -0.3 is 14.8 Å². The molecule has 0 atom stereocenters. The lowest BCUT2D eigenvalue weighted by Crippen LogP contribution is -2.32. The number of anilines is 2. The molecule has 0 aromatic heterocycles. The molecule has 2 amide bonds. The second kappa shape index (κ2) is 9.80. The molecular weight excluding hydrogens is 456 g/mol. The van der Waals surface area contributed by atoms with E-state index in [4.69, 9.17) is 21.1 Å². The van der Waals surface area contributed by atoms with E-state index in [1.54, 1.807) is 72.8 Å². The molecule has 1 heterocycles. The van der Waals surface area contributed by atoms with Crippen molar-refractivity contribution in [1.29, 1.82) is 0 Å². The molecule has 1 aliphatic rings. The van der Waals surface area contributed by atoms with Crippen LogP contribution >= 0.6 is 11.6 Å². The van der Waals surface area contributed by atoms with Crippen LogP contribution in [0.5, 0.6) is 11.5 Å². The minimum absolute atomic E-state index is 0.0341. The van der Waals surface area contributed by atoms with E-state index < -0.39 is 17.8 Å². The number of carbonyl (C=O) groups excluding carboxylic acids is 3. The van der Waals surface area contributed by atoms with E-state index in [0.717, 1.165) is 10.5 Å². The molecule has 3 aromatic carbocycles. The van der Waals surface area contributed by atoms with Crippen LogP contribution in [0.25, 0.3) is 0 Å². The molecule has 1 aliphatic heterocycles. The number of aryl methyl sites for hydroxylation is 1. The largest absolute Gasteiger partial charge is 0.490 e. The molecule has 0 aliphatic carbocycles. The summed E-state index contributed by atoms with van der Waals surface area (Å²) < 4.78 is 10.9. The monoisotopic (exact) mass is 476 g/mol. The molecule has 0 radical (unpaired) electrons. The summed E-state index contributed by atoms with van der Waals surface area (Å²) in [7, 11) is 0. The standard InChI is InChI=1S/C26H21ClN2O5/c1-3-33-20-6-4-5-7-21(20)34-26(32)17-10-12-18(13-11-17)28-23-22(27)24(30)29(25(23)31)19-14-8-16(2)9-15-19/h4-15,28H,3H2,1-2H3. The molecule has 172 valence electrons. The number of ether oxygens (including phenoxy) is 2. The number of hydrogen-bond donors (Lipinski definition) is 1. The highest BCUT2D eigenvalue weighted by atomic mass is 35.5. The Bertz CT molecular complexity index is 1280. The van der Waals surface area contributed by atoms with E-state index >= 15 is 0 Å². The maximum Gasteiger partial charge on any atom is 0.343 e. The molecule has 7 nitrogen and oxygen atoms in total. The van der Waals surface area contributed by atoms with E-state index in [2.05, 4.69) is 5.32 Å². The Morgan fingerprint density at radius 1 is 0.912 bits per heavy atom. The van der Waals surface area contributed by atoms with Gasteiger partial charge in [-0.05, 0) is 62.4 Å². The Hall–Kier alpha value is -4.10. The van der Waals surface area contributed by atoms with Crippen LogP contribution in [0.3, 0.4) is 0 Å². The normalized spacial score (nSPS) is 13.3. The molecule has 0 saturated carbocycles. The summed E-state index contributed by atoms with van der Waals surface area (Å²) in [4.78, 5) is 39.1. The average Bonchev–Trinajstić information content (AvgIpc) is 3.04. The predicted octanol–water partition coefficient (Wildman–Crippen LogP) is 5.05. The zero-order chi connectivity index (χ0) is 24.2. The van der Waals surface area contributed by atoms with E-state index in [9.17, 15) is 14.4 Å². The van der Waals surface area contributed by atoms with Gasteiger partial charge in [-0.2, -0.15) is 0 Å². The first-order valence-corrected chi connectivity index (χ1v) is 10.9. The average molecular weight is 477 g/mol. The second-order valence-corrected chi connectivity index (χ2v) is 7.82. The second-order valence-electron chi connectivity index (χ2n) is 7.44. The van der Waals surface area contributed by atoms with Crippen LogP contribution in [-0.2, 0) is 9.59 Å². The van der Waals surface area contributed by atoms with Crippen molar-refractivity contribution in [1.82, 2.24) is 0 Å². The molecule has 0 unspecified atom stereocenters. The molecule has 4 rings (SSSR count). The minimum Gasteiger partial charge on any atom is -0.490 e. The van der Waals surface area contributed by atoms with Crippen molar-refractivity contribution in [2.24, 2.45) is 0 Å². The topological polar surface area (TPSA) is 84.9 Å². The number of nitrogens with one attached hydrogen (secondary N) is 1. The summed E-state index contributed by atoms with van der Waals surface area (Å²) in [6.07, 6.45) is 0. The van der Waals surface area contributed by atoms with Crippen molar-refractivity contribution < 1.29 is 23.9 Å². The predicted molar refractivity (Wildman–Crippen MR) is 129 cm³/mol. The van der Waals surface area contributed by atoms with Gasteiger partial charge in [-0.25, -0.2) is 9.69 Å². The molecule has 1 N–H and O–H groups in total. The third-order valence-corrected chi connectivity index (χ3v) is 5.41. The van der Waals surface area contributed by atoms with Crippen LogP contribution in [0, 0.1) is 6.92 Å². The van der Waals surface area contributed by atoms with Gasteiger partial charge in [0.2, 0.25) is 0 Å². The highest BCUT2D eigenvalue weighted by Gasteiger charge is 2.38. The van der Waals surface area contributed by atoms with Gasteiger partial charge in [0, 0.05) is 5.69 Å². The van der Waals surface area contributed by atoms with Gasteiger partial charge in [0.1, 0.15) is 10.7 Å². The van der Waals surface area contributed by atoms with Crippen molar-refractivity contribution in [2.75, 3.05) is 16.8 Å². The minimum atomic E-state index is -0.605. The number of imide groups is 1. The number of carbonyl (C=O) groups is 3. The molecule has 8 heteroatoms. The number of amides is 2. The third-order valence-electron chi connectivity index (χ3n) is 5.06. The Morgan fingerprint density at radius 2 is 1.56 bits per heavy atom. The maximum atomic E-state index is 12.9. The summed E-state index contributed by atoms with van der Waals surface area (Å²) in [5.74, 6) is -0.935. The number of para-hydroxylation sites is 2. The van der Waals surface area contributed by atoms with Gasteiger partial charge in [-0.1, -0.05) is 41.4 Å². The molecular formula is C26H21ClN2O5. The van der Waals surface area contributed by atoms with Crippen molar-refractivity contribution in [3.05, 3.63) is 94.7 Å². The highest BCUT2D eigenvalue weighted by Crippen LogP contribution is 2.31. The van der Waals surface area contributed by atoms with Crippen LogP contribution in [0.1, 0.15) is 22.8 Å². The lowest BCUT2D eigenvalue weighted by atomic mass is 10.2. The summed E-state index contributed by atoms with van der Waals surface area (Å²) in [6.45, 7) is 4.19. The Morgan fingerprint density at radius 3 is 2.21 bits per heavy atom. The van der Waals surface area contributed by atoms with Gasteiger partial charge in [-0.3, -0.25) is 9.59 Å². The summed E-state index contributed by atoms with van der Waals surface area (Å²) in [6, 6.07) is 20.1. The lowest BCUT2D eigenvalue weighted by Gasteiger charge is -2.15. The molecule has 3 aromatic rings. The molecule has 0 spiro atoms. The van der Waals surface area contributed by atoms with E-state index in [1.165, 1.54) is 0 Å². The van der Waals surface area contributed by atoms with Crippen molar-refractivity contribution >= 4 is 40.8 Å². The molecule has 0 bridgehead atoms. The number of nitrogens with zero attached hydrogens (tertiary/aromatic N) is 1. The summed E-state index contributed by atoms with van der Waals surface area (Å²) in [5.41, 5.74) is 2.17. The third kappa shape index (κ3) is 4.65. The first-order chi connectivity index (χ1) is 16.4. The fourth-order valence-electron chi connectivity index (χ4n) is 3.34. The zero-order valence-electron chi connectivity index (χ0n) is 18.5. The van der Waals surface area contributed by atoms with Gasteiger partial charge in [-0.15, -0.1) is 0 Å². The highest BCUT2D eigenvalue weighted by molar-refractivity contribution is 6.53. The molecule has 34 heavy (non-hydrogen) atoms. The van der Waals surface area contributed by atoms with E-state index in [0.29, 0.717) is 35.0 Å². The van der Waals surface area contributed by atoms with Gasteiger partial charge in [0.25, 0.3) is 11.8 Å². The quantitative estimate of drug-likeness (QED) is 0.292. The first kappa shape index (κ1) is 23.1. The van der Waals surface area contributed by atoms with Crippen molar-refractivity contribution in [3.8, 4) is 11.5 Å². The zero-order valence-corrected chi connectivity index (χ0v) is 19.3. The van der Waals surface area contributed by atoms with E-state index in [1.807, 2.05) is 13.8 Å². The van der Waals surface area contributed by atoms with Crippen LogP contribution in [0.4, 0.5) is 11.4 Å². The number of rotatable bonds is 7. The number of esters is 1. The van der Waals surface area contributed by atoms with Crippen molar-refractivity contribution in [2.45, 2.75) is 13.8 Å². The van der Waals surface area contributed by atoms with Crippen LogP contribution in [0.15, 0.2) is 83.5 Å². The fraction of sp³-hybridized carbons (Fsp3) is 0.115. The summed E-state index contributed by atoms with van der Waals surface area (Å²) in [5, 5.41) is 2.68. The smallest absolute Gasteiger partial charge is 0.343 e. The first-order valence-electron chi connectivity index (χ1n) is 10.6. The van der Waals surface area contributed by atoms with Gasteiger partial charge >= 0.3 is 5.97 Å². The SMILES string of the molecule is CCOc1ccccc1OC(=O)c1ccc(NC2=C(Cl)C(=O)N(c3ccc(C)cc3)C2=O)cc1.